The monoisotopic (exact) mass is 242 g/mol. The van der Waals surface area contributed by atoms with Crippen molar-refractivity contribution in [1.82, 2.24) is 10.6 Å². The lowest BCUT2D eigenvalue weighted by atomic mass is 10.2. The standard InChI is InChI=1S/C8H10N4O3S/c1-2-15-8(14)12-7-11-4-5(13)9-3-10-6(4)16-7/h3-4,6H,2H2,1H3,(H,9,10,13)(H,11,12,14). The molecule has 0 aromatic heterocycles. The molecule has 0 aromatic rings. The number of nitrogens with zero attached hydrogens (tertiary/aromatic N) is 2. The minimum Gasteiger partial charge on any atom is -0.450 e. The first-order valence-corrected chi connectivity index (χ1v) is 5.59. The third kappa shape index (κ3) is 2.16. The zero-order valence-electron chi connectivity index (χ0n) is 8.47. The quantitative estimate of drug-likeness (QED) is 0.659. The summed E-state index contributed by atoms with van der Waals surface area (Å²) < 4.78 is 4.70. The van der Waals surface area contributed by atoms with Gasteiger partial charge in [0, 0.05) is 0 Å². The number of hydrogen-bond acceptors (Lipinski definition) is 6. The Balaban J connectivity index is 1.99. The van der Waals surface area contributed by atoms with Gasteiger partial charge in [-0.3, -0.25) is 15.1 Å². The lowest BCUT2D eigenvalue weighted by Gasteiger charge is -2.15. The molecule has 0 aliphatic carbocycles. The van der Waals surface area contributed by atoms with Crippen molar-refractivity contribution in [2.75, 3.05) is 6.61 Å². The van der Waals surface area contributed by atoms with E-state index in [1.165, 1.54) is 18.1 Å². The fraction of sp³-hybridized carbons (Fsp3) is 0.500. The van der Waals surface area contributed by atoms with E-state index < -0.39 is 12.1 Å². The number of aliphatic imine (C=N–C) groups is 2. The smallest absolute Gasteiger partial charge is 0.413 e. The van der Waals surface area contributed by atoms with Gasteiger partial charge >= 0.3 is 6.09 Å². The summed E-state index contributed by atoms with van der Waals surface area (Å²) in [7, 11) is 0. The van der Waals surface area contributed by atoms with Crippen LogP contribution in [0.2, 0.25) is 0 Å². The van der Waals surface area contributed by atoms with E-state index >= 15 is 0 Å². The molecule has 7 nitrogen and oxygen atoms in total. The molecule has 2 rings (SSSR count). The number of fused-ring (bicyclic) bond motifs is 1. The second-order valence-corrected chi connectivity index (χ2v) is 4.13. The molecule has 0 radical (unpaired) electrons. The van der Waals surface area contributed by atoms with E-state index in [2.05, 4.69) is 20.6 Å². The van der Waals surface area contributed by atoms with Crippen LogP contribution in [0, 0.1) is 0 Å². The van der Waals surface area contributed by atoms with E-state index in [0.29, 0.717) is 5.17 Å². The van der Waals surface area contributed by atoms with E-state index in [1.54, 1.807) is 6.92 Å². The number of rotatable bonds is 1. The Hall–Kier alpha value is -1.57. The molecule has 0 spiro atoms. The van der Waals surface area contributed by atoms with Gasteiger partial charge in [-0.1, -0.05) is 11.8 Å². The number of amidine groups is 1. The van der Waals surface area contributed by atoms with Crippen LogP contribution in [-0.4, -0.2) is 41.5 Å². The van der Waals surface area contributed by atoms with Crippen LogP contribution in [-0.2, 0) is 9.53 Å². The van der Waals surface area contributed by atoms with Crippen molar-refractivity contribution in [3.05, 3.63) is 0 Å². The predicted molar refractivity (Wildman–Crippen MR) is 59.4 cm³/mol. The average Bonchev–Trinajstić information content (AvgIpc) is 2.62. The zero-order chi connectivity index (χ0) is 11.5. The van der Waals surface area contributed by atoms with Gasteiger partial charge in [0.15, 0.2) is 11.2 Å². The number of thioether (sulfide) groups is 1. The molecule has 2 amide bonds. The highest BCUT2D eigenvalue weighted by Crippen LogP contribution is 2.28. The molecule has 2 N–H and O–H groups in total. The maximum Gasteiger partial charge on any atom is 0.413 e. The number of hydrogen-bond donors (Lipinski definition) is 2. The minimum absolute atomic E-state index is 0.215. The normalized spacial score (nSPS) is 26.8. The van der Waals surface area contributed by atoms with Gasteiger partial charge < -0.3 is 10.1 Å². The Bertz CT molecular complexity index is 381. The van der Waals surface area contributed by atoms with Crippen LogP contribution in [0.15, 0.2) is 9.98 Å². The molecule has 0 saturated heterocycles. The van der Waals surface area contributed by atoms with Crippen LogP contribution in [0.5, 0.6) is 0 Å². The van der Waals surface area contributed by atoms with Crippen LogP contribution in [0.1, 0.15) is 6.92 Å². The first-order chi connectivity index (χ1) is 7.70. The molecule has 2 unspecified atom stereocenters. The van der Waals surface area contributed by atoms with Crippen molar-refractivity contribution in [2.24, 2.45) is 9.98 Å². The molecule has 86 valence electrons. The van der Waals surface area contributed by atoms with Crippen molar-refractivity contribution < 1.29 is 14.3 Å². The summed E-state index contributed by atoms with van der Waals surface area (Å²) in [6.45, 7) is 2.00. The van der Waals surface area contributed by atoms with Gasteiger partial charge in [-0.15, -0.1) is 0 Å². The summed E-state index contributed by atoms with van der Waals surface area (Å²) in [5, 5.41) is 4.99. The zero-order valence-corrected chi connectivity index (χ0v) is 9.28. The SMILES string of the molecule is CCOC(=O)NC1=NC2C(=O)NC=NC2S1. The second-order valence-electron chi connectivity index (χ2n) is 3.02. The molecule has 8 heteroatoms. The van der Waals surface area contributed by atoms with Gasteiger partial charge in [-0.25, -0.2) is 9.79 Å². The van der Waals surface area contributed by atoms with Gasteiger partial charge in [-0.05, 0) is 6.92 Å². The van der Waals surface area contributed by atoms with Gasteiger partial charge in [0.1, 0.15) is 5.37 Å². The number of ether oxygens (including phenoxy) is 1. The average molecular weight is 242 g/mol. The minimum atomic E-state index is -0.572. The molecule has 2 aliphatic heterocycles. The van der Waals surface area contributed by atoms with Crippen LogP contribution >= 0.6 is 11.8 Å². The molecule has 0 aromatic carbocycles. The molecule has 0 saturated carbocycles. The first-order valence-electron chi connectivity index (χ1n) is 4.71. The summed E-state index contributed by atoms with van der Waals surface area (Å²) in [6.07, 6.45) is 0.774. The third-order valence-electron chi connectivity index (χ3n) is 1.94. The van der Waals surface area contributed by atoms with Crippen LogP contribution < -0.4 is 10.6 Å². The molecule has 2 atom stereocenters. The maximum absolute atomic E-state index is 11.4. The van der Waals surface area contributed by atoms with E-state index in [4.69, 9.17) is 4.74 Å². The lowest BCUT2D eigenvalue weighted by molar-refractivity contribution is -0.121. The Morgan fingerprint density at radius 2 is 2.56 bits per heavy atom. The summed E-state index contributed by atoms with van der Waals surface area (Å²) >= 11 is 1.23. The lowest BCUT2D eigenvalue weighted by Crippen LogP contribution is -2.41. The number of nitrogens with one attached hydrogen (secondary N) is 2. The van der Waals surface area contributed by atoms with Crippen molar-refractivity contribution >= 4 is 35.3 Å². The molecule has 2 heterocycles. The van der Waals surface area contributed by atoms with E-state index in [9.17, 15) is 9.59 Å². The summed E-state index contributed by atoms with van der Waals surface area (Å²) in [6, 6.07) is -0.563. The fourth-order valence-electron chi connectivity index (χ4n) is 1.28. The van der Waals surface area contributed by atoms with Crippen molar-refractivity contribution in [1.29, 1.82) is 0 Å². The molecular formula is C8H10N4O3S. The number of amides is 2. The maximum atomic E-state index is 11.4. The topological polar surface area (TPSA) is 92.1 Å². The third-order valence-corrected chi connectivity index (χ3v) is 2.99. The van der Waals surface area contributed by atoms with Gasteiger partial charge in [0.05, 0.1) is 12.9 Å². The van der Waals surface area contributed by atoms with Gasteiger partial charge in [0.2, 0.25) is 0 Å². The van der Waals surface area contributed by atoms with E-state index in [-0.39, 0.29) is 17.9 Å². The molecule has 0 fully saturated rings. The van der Waals surface area contributed by atoms with E-state index in [1.807, 2.05) is 0 Å². The highest BCUT2D eigenvalue weighted by atomic mass is 32.2. The molecule has 2 aliphatic rings. The number of carbonyl (C=O) groups is 2. The first kappa shape index (κ1) is 10.9. The number of carbonyl (C=O) groups excluding carboxylic acids is 2. The van der Waals surface area contributed by atoms with Crippen molar-refractivity contribution in [3.63, 3.8) is 0 Å². The highest BCUT2D eigenvalue weighted by molar-refractivity contribution is 8.14. The summed E-state index contributed by atoms with van der Waals surface area (Å²) in [5.74, 6) is -0.215. The second kappa shape index (κ2) is 4.52. The molecule has 16 heavy (non-hydrogen) atoms. The van der Waals surface area contributed by atoms with Gasteiger partial charge in [0.25, 0.3) is 5.91 Å². The predicted octanol–water partition coefficient (Wildman–Crippen LogP) is -0.312. The Kier molecular flexibility index (Phi) is 3.09. The van der Waals surface area contributed by atoms with Crippen LogP contribution in [0.3, 0.4) is 0 Å². The highest BCUT2D eigenvalue weighted by Gasteiger charge is 2.37. The summed E-state index contributed by atoms with van der Waals surface area (Å²) in [4.78, 5) is 30.6. The Labute approximate surface area is 95.7 Å². The van der Waals surface area contributed by atoms with Gasteiger partial charge in [-0.2, -0.15) is 0 Å². The number of alkyl carbamates (subject to hydrolysis) is 1. The summed E-state index contributed by atoms with van der Waals surface area (Å²) in [5.41, 5.74) is 0. The van der Waals surface area contributed by atoms with Crippen molar-refractivity contribution in [2.45, 2.75) is 18.3 Å². The van der Waals surface area contributed by atoms with Crippen LogP contribution in [0.4, 0.5) is 4.79 Å². The Morgan fingerprint density at radius 3 is 3.25 bits per heavy atom. The Morgan fingerprint density at radius 1 is 1.75 bits per heavy atom. The van der Waals surface area contributed by atoms with E-state index in [0.717, 1.165) is 0 Å². The van der Waals surface area contributed by atoms with Crippen molar-refractivity contribution in [3.8, 4) is 0 Å². The van der Waals surface area contributed by atoms with Crippen LogP contribution in [0.25, 0.3) is 0 Å². The largest absolute Gasteiger partial charge is 0.450 e. The fourth-order valence-corrected chi connectivity index (χ4v) is 2.26. The molecular weight excluding hydrogens is 232 g/mol. The molecule has 0 bridgehead atoms.